The molecule has 2 nitrogen and oxygen atoms in total. The van der Waals surface area contributed by atoms with E-state index in [0.29, 0.717) is 12.0 Å². The minimum absolute atomic E-state index is 0.141. The highest BCUT2D eigenvalue weighted by Crippen LogP contribution is 2.32. The molecule has 0 aromatic carbocycles. The highest BCUT2D eigenvalue weighted by molar-refractivity contribution is 9.09. The molecular formula is C14H18BrNOS2. The van der Waals surface area contributed by atoms with Gasteiger partial charge in [-0.1, -0.05) is 22.4 Å². The van der Waals surface area contributed by atoms with Crippen LogP contribution in [-0.2, 0) is 12.2 Å². The van der Waals surface area contributed by atoms with Gasteiger partial charge in [-0.25, -0.2) is 0 Å². The van der Waals surface area contributed by atoms with E-state index in [1.54, 1.807) is 11.3 Å². The Kier molecular flexibility index (Phi) is 4.54. The zero-order valence-electron chi connectivity index (χ0n) is 10.8. The molecule has 19 heavy (non-hydrogen) atoms. The molecule has 1 amide bonds. The quantitative estimate of drug-likeness (QED) is 0.830. The van der Waals surface area contributed by atoms with Gasteiger partial charge >= 0.3 is 0 Å². The van der Waals surface area contributed by atoms with E-state index >= 15 is 0 Å². The molecule has 5 heteroatoms. The summed E-state index contributed by atoms with van der Waals surface area (Å²) in [6.45, 7) is 0. The summed E-state index contributed by atoms with van der Waals surface area (Å²) in [6, 6.07) is 2.47. The number of amides is 1. The van der Waals surface area contributed by atoms with Gasteiger partial charge in [-0.15, -0.1) is 11.3 Å². The number of halogens is 1. The summed E-state index contributed by atoms with van der Waals surface area (Å²) >= 11 is 7.22. The van der Waals surface area contributed by atoms with Crippen molar-refractivity contribution in [3.05, 3.63) is 21.4 Å². The Labute approximate surface area is 130 Å². The summed E-state index contributed by atoms with van der Waals surface area (Å²) in [6.07, 6.45) is 4.72. The van der Waals surface area contributed by atoms with Crippen molar-refractivity contribution in [1.29, 1.82) is 0 Å². The van der Waals surface area contributed by atoms with Crippen LogP contribution < -0.4 is 5.32 Å². The molecule has 2 atom stereocenters. The van der Waals surface area contributed by atoms with Crippen LogP contribution >= 0.6 is 39.0 Å². The Balaban J connectivity index is 1.68. The Morgan fingerprint density at radius 1 is 1.47 bits per heavy atom. The summed E-state index contributed by atoms with van der Waals surface area (Å²) in [5, 5.41) is 4.24. The molecule has 3 rings (SSSR count). The molecule has 1 fully saturated rings. The molecule has 2 heterocycles. The van der Waals surface area contributed by atoms with Gasteiger partial charge in [0.25, 0.3) is 5.91 Å². The Morgan fingerprint density at radius 3 is 3.16 bits per heavy atom. The van der Waals surface area contributed by atoms with Crippen molar-refractivity contribution in [2.24, 2.45) is 5.92 Å². The standard InChI is InChI=1S/C14H18BrNOS2/c15-7-9-2-1-3-11(9)16-14(17)13-6-10-8-18-5-4-12(10)19-13/h6,9,11H,1-5,7-8H2,(H,16,17). The van der Waals surface area contributed by atoms with Gasteiger partial charge in [-0.2, -0.15) is 11.8 Å². The third kappa shape index (κ3) is 3.03. The van der Waals surface area contributed by atoms with Crippen LogP contribution in [-0.4, -0.2) is 23.0 Å². The summed E-state index contributed by atoms with van der Waals surface area (Å²) in [7, 11) is 0. The number of alkyl halides is 1. The predicted octanol–water partition coefficient (Wildman–Crippen LogP) is 3.83. The van der Waals surface area contributed by atoms with Crippen molar-refractivity contribution < 1.29 is 4.79 Å². The van der Waals surface area contributed by atoms with Gasteiger partial charge in [0.15, 0.2) is 0 Å². The number of aryl methyl sites for hydroxylation is 1. The van der Waals surface area contributed by atoms with Gasteiger partial charge in [-0.05, 0) is 42.6 Å². The van der Waals surface area contributed by atoms with Crippen LogP contribution in [0.15, 0.2) is 6.07 Å². The monoisotopic (exact) mass is 359 g/mol. The van der Waals surface area contributed by atoms with E-state index in [1.165, 1.54) is 29.0 Å². The Bertz CT molecular complexity index is 451. The molecule has 104 valence electrons. The van der Waals surface area contributed by atoms with Crippen LogP contribution in [0.25, 0.3) is 0 Å². The van der Waals surface area contributed by atoms with E-state index in [1.807, 2.05) is 11.8 Å². The lowest BCUT2D eigenvalue weighted by Crippen LogP contribution is -2.37. The third-order valence-corrected chi connectivity index (χ3v) is 7.10. The van der Waals surface area contributed by atoms with Gasteiger partial charge in [0.2, 0.25) is 0 Å². The largest absolute Gasteiger partial charge is 0.348 e. The molecule has 0 spiro atoms. The maximum atomic E-state index is 12.4. The molecule has 0 radical (unpaired) electrons. The highest BCUT2D eigenvalue weighted by Gasteiger charge is 2.28. The predicted molar refractivity (Wildman–Crippen MR) is 86.6 cm³/mol. The van der Waals surface area contributed by atoms with E-state index in [0.717, 1.165) is 28.8 Å². The highest BCUT2D eigenvalue weighted by atomic mass is 79.9. The van der Waals surface area contributed by atoms with Crippen molar-refractivity contribution in [2.45, 2.75) is 37.5 Å². The van der Waals surface area contributed by atoms with E-state index in [-0.39, 0.29) is 5.91 Å². The Morgan fingerprint density at radius 2 is 2.37 bits per heavy atom. The molecule has 1 N–H and O–H groups in total. The first-order chi connectivity index (χ1) is 9.28. The fraction of sp³-hybridized carbons (Fsp3) is 0.643. The van der Waals surface area contributed by atoms with Gasteiger partial charge in [0.05, 0.1) is 4.88 Å². The lowest BCUT2D eigenvalue weighted by molar-refractivity contribution is 0.0934. The maximum Gasteiger partial charge on any atom is 0.261 e. The fourth-order valence-corrected chi connectivity index (χ4v) is 5.96. The van der Waals surface area contributed by atoms with Crippen molar-refractivity contribution in [2.75, 3.05) is 11.1 Å². The van der Waals surface area contributed by atoms with Gasteiger partial charge in [-0.3, -0.25) is 4.79 Å². The summed E-state index contributed by atoms with van der Waals surface area (Å²) < 4.78 is 0. The first-order valence-electron chi connectivity index (χ1n) is 6.84. The average molecular weight is 360 g/mol. The number of hydrogen-bond donors (Lipinski definition) is 1. The molecule has 1 saturated carbocycles. The number of thiophene rings is 1. The number of carbonyl (C=O) groups excluding carboxylic acids is 1. The molecular weight excluding hydrogens is 342 g/mol. The van der Waals surface area contributed by atoms with Crippen LogP contribution in [0.1, 0.15) is 39.4 Å². The minimum atomic E-state index is 0.141. The molecule has 0 saturated heterocycles. The molecule has 2 aliphatic rings. The van der Waals surface area contributed by atoms with Crippen molar-refractivity contribution in [3.8, 4) is 0 Å². The Hall–Kier alpha value is -0.000000000000000111. The van der Waals surface area contributed by atoms with Crippen LogP contribution in [0.5, 0.6) is 0 Å². The molecule has 1 aliphatic heterocycles. The number of thioether (sulfide) groups is 1. The normalized spacial score (nSPS) is 26.2. The van der Waals surface area contributed by atoms with Crippen LogP contribution in [0, 0.1) is 5.92 Å². The third-order valence-electron chi connectivity index (χ3n) is 4.03. The molecule has 1 aromatic heterocycles. The average Bonchev–Trinajstić information content (AvgIpc) is 3.03. The summed E-state index contributed by atoms with van der Waals surface area (Å²) in [5.41, 5.74) is 1.38. The van der Waals surface area contributed by atoms with Gasteiger partial charge < -0.3 is 5.32 Å². The summed E-state index contributed by atoms with van der Waals surface area (Å²) in [4.78, 5) is 14.7. The summed E-state index contributed by atoms with van der Waals surface area (Å²) in [5.74, 6) is 3.02. The number of carbonyl (C=O) groups is 1. The molecule has 1 aromatic rings. The fourth-order valence-electron chi connectivity index (χ4n) is 2.91. The van der Waals surface area contributed by atoms with Crippen molar-refractivity contribution in [1.82, 2.24) is 5.32 Å². The molecule has 1 aliphatic carbocycles. The number of nitrogens with one attached hydrogen (secondary N) is 1. The van der Waals surface area contributed by atoms with E-state index < -0.39 is 0 Å². The van der Waals surface area contributed by atoms with Crippen LogP contribution in [0.4, 0.5) is 0 Å². The van der Waals surface area contributed by atoms with E-state index in [2.05, 4.69) is 27.3 Å². The van der Waals surface area contributed by atoms with E-state index in [9.17, 15) is 4.79 Å². The van der Waals surface area contributed by atoms with Crippen molar-refractivity contribution in [3.63, 3.8) is 0 Å². The zero-order valence-corrected chi connectivity index (χ0v) is 14.0. The van der Waals surface area contributed by atoms with Crippen LogP contribution in [0.3, 0.4) is 0 Å². The number of fused-ring (bicyclic) bond motifs is 1. The molecule has 0 bridgehead atoms. The first kappa shape index (κ1) is 14.0. The minimum Gasteiger partial charge on any atom is -0.348 e. The molecule has 2 unspecified atom stereocenters. The van der Waals surface area contributed by atoms with Gasteiger partial charge in [0, 0.05) is 22.0 Å². The lowest BCUT2D eigenvalue weighted by Gasteiger charge is -2.18. The van der Waals surface area contributed by atoms with Crippen LogP contribution in [0.2, 0.25) is 0 Å². The van der Waals surface area contributed by atoms with E-state index in [4.69, 9.17) is 0 Å². The topological polar surface area (TPSA) is 29.1 Å². The SMILES string of the molecule is O=C(NC1CCCC1CBr)c1cc2c(s1)CCSC2. The number of hydrogen-bond acceptors (Lipinski definition) is 3. The second-order valence-electron chi connectivity index (χ2n) is 5.29. The lowest BCUT2D eigenvalue weighted by atomic mass is 10.1. The maximum absolute atomic E-state index is 12.4. The smallest absolute Gasteiger partial charge is 0.261 e. The van der Waals surface area contributed by atoms with Gasteiger partial charge in [0.1, 0.15) is 0 Å². The van der Waals surface area contributed by atoms with Crippen molar-refractivity contribution >= 4 is 44.9 Å². The zero-order chi connectivity index (χ0) is 13.2. The number of rotatable bonds is 3. The second-order valence-corrected chi connectivity index (χ2v) is 8.18. The first-order valence-corrected chi connectivity index (χ1v) is 9.93. The second kappa shape index (κ2) is 6.19.